The molecule has 0 saturated carbocycles. The molecule has 1 aromatic carbocycles. The maximum absolute atomic E-state index is 11.1. The normalized spacial score (nSPS) is 16.2. The Labute approximate surface area is 134 Å². The average molecular weight is 323 g/mol. The second-order valence-electron chi connectivity index (χ2n) is 5.42. The second-order valence-corrected chi connectivity index (χ2v) is 5.42. The smallest absolute Gasteiger partial charge is 0.299 e. The van der Waals surface area contributed by atoms with Gasteiger partial charge in [-0.25, -0.2) is 0 Å². The van der Waals surface area contributed by atoms with Crippen LogP contribution in [-0.2, 0) is 0 Å². The molecule has 2 rings (SSSR count). The van der Waals surface area contributed by atoms with E-state index in [9.17, 15) is 20.2 Å². The van der Waals surface area contributed by atoms with Crippen molar-refractivity contribution < 1.29 is 9.85 Å². The molecular formula is C14H21N5O4. The van der Waals surface area contributed by atoms with E-state index in [-0.39, 0.29) is 11.4 Å². The molecule has 23 heavy (non-hydrogen) atoms. The van der Waals surface area contributed by atoms with Crippen LogP contribution in [0, 0.1) is 20.2 Å². The average Bonchev–Trinajstić information content (AvgIpc) is 2.55. The fourth-order valence-corrected chi connectivity index (χ4v) is 2.61. The van der Waals surface area contributed by atoms with E-state index in [2.05, 4.69) is 22.0 Å². The quantitative estimate of drug-likeness (QED) is 0.599. The van der Waals surface area contributed by atoms with Gasteiger partial charge in [-0.2, -0.15) is 0 Å². The summed E-state index contributed by atoms with van der Waals surface area (Å²) in [4.78, 5) is 25.2. The molecular weight excluding hydrogens is 302 g/mol. The molecule has 1 fully saturated rings. The molecule has 9 nitrogen and oxygen atoms in total. The monoisotopic (exact) mass is 323 g/mol. The Balaban J connectivity index is 1.90. The van der Waals surface area contributed by atoms with E-state index in [1.54, 1.807) is 0 Å². The van der Waals surface area contributed by atoms with Gasteiger partial charge in [0.05, 0.1) is 15.9 Å². The fraction of sp³-hybridized carbons (Fsp3) is 0.571. The first kappa shape index (κ1) is 17.1. The number of nitrogens with zero attached hydrogens (tertiary/aromatic N) is 4. The largest absolute Gasteiger partial charge is 0.378 e. The van der Waals surface area contributed by atoms with E-state index < -0.39 is 9.85 Å². The molecule has 0 aromatic heterocycles. The molecule has 0 spiro atoms. The lowest BCUT2D eigenvalue weighted by atomic mass is 10.2. The van der Waals surface area contributed by atoms with Crippen molar-refractivity contribution >= 4 is 17.1 Å². The topological polar surface area (TPSA) is 105 Å². The summed E-state index contributed by atoms with van der Waals surface area (Å²) in [6.07, 6.45) is 0. The summed E-state index contributed by atoms with van der Waals surface area (Å²) in [6, 6.07) is 3.66. The molecule has 1 heterocycles. The zero-order valence-electron chi connectivity index (χ0n) is 13.1. The number of likely N-dealkylation sites (N-methyl/N-ethyl adjacent to an activating group) is 1. The van der Waals surface area contributed by atoms with Gasteiger partial charge < -0.3 is 10.2 Å². The number of nitro benzene ring substituents is 2. The Hall–Kier alpha value is -2.26. The second kappa shape index (κ2) is 7.84. The summed E-state index contributed by atoms with van der Waals surface area (Å²) in [6.45, 7) is 8.58. The molecule has 1 N–H and O–H groups in total. The van der Waals surface area contributed by atoms with Crippen molar-refractivity contribution in [1.82, 2.24) is 9.80 Å². The van der Waals surface area contributed by atoms with Crippen LogP contribution in [0.1, 0.15) is 6.92 Å². The molecule has 1 aromatic rings. The minimum Gasteiger partial charge on any atom is -0.378 e. The van der Waals surface area contributed by atoms with Crippen LogP contribution < -0.4 is 5.32 Å². The Morgan fingerprint density at radius 2 is 1.74 bits per heavy atom. The van der Waals surface area contributed by atoms with E-state index in [1.807, 2.05) is 0 Å². The maximum atomic E-state index is 11.1. The number of nitrogens with one attached hydrogen (secondary N) is 1. The van der Waals surface area contributed by atoms with Crippen LogP contribution in [0.4, 0.5) is 17.1 Å². The lowest BCUT2D eigenvalue weighted by molar-refractivity contribution is -0.393. The number of rotatable bonds is 7. The maximum Gasteiger partial charge on any atom is 0.299 e. The minimum atomic E-state index is -0.635. The van der Waals surface area contributed by atoms with Gasteiger partial charge in [0, 0.05) is 45.3 Å². The molecule has 0 aliphatic carbocycles. The summed E-state index contributed by atoms with van der Waals surface area (Å²) in [7, 11) is 0. The van der Waals surface area contributed by atoms with Crippen molar-refractivity contribution in [2.45, 2.75) is 6.92 Å². The number of benzene rings is 1. The number of nitro groups is 2. The molecule has 1 aliphatic rings. The predicted molar refractivity (Wildman–Crippen MR) is 86.8 cm³/mol. The highest BCUT2D eigenvalue weighted by atomic mass is 16.6. The molecule has 1 aliphatic heterocycles. The van der Waals surface area contributed by atoms with Crippen molar-refractivity contribution in [2.24, 2.45) is 0 Å². The third-order valence-corrected chi connectivity index (χ3v) is 4.04. The molecule has 9 heteroatoms. The van der Waals surface area contributed by atoms with Crippen LogP contribution >= 0.6 is 0 Å². The predicted octanol–water partition coefficient (Wildman–Crippen LogP) is 1.55. The Kier molecular flexibility index (Phi) is 5.83. The summed E-state index contributed by atoms with van der Waals surface area (Å²) in [5, 5.41) is 24.8. The van der Waals surface area contributed by atoms with E-state index >= 15 is 0 Å². The van der Waals surface area contributed by atoms with Gasteiger partial charge in [-0.15, -0.1) is 0 Å². The van der Waals surface area contributed by atoms with Gasteiger partial charge in [0.1, 0.15) is 5.69 Å². The van der Waals surface area contributed by atoms with E-state index in [1.165, 1.54) is 12.1 Å². The Morgan fingerprint density at radius 1 is 1.09 bits per heavy atom. The first-order valence-corrected chi connectivity index (χ1v) is 7.62. The Morgan fingerprint density at radius 3 is 2.30 bits per heavy atom. The van der Waals surface area contributed by atoms with E-state index in [0.29, 0.717) is 12.2 Å². The number of non-ortho nitro benzene ring substituents is 1. The first-order chi connectivity index (χ1) is 11.0. The highest BCUT2D eigenvalue weighted by Gasteiger charge is 2.20. The van der Waals surface area contributed by atoms with Crippen molar-refractivity contribution in [3.8, 4) is 0 Å². The van der Waals surface area contributed by atoms with Crippen molar-refractivity contribution in [2.75, 3.05) is 51.1 Å². The minimum absolute atomic E-state index is 0.269. The number of anilines is 1. The molecule has 0 bridgehead atoms. The third-order valence-electron chi connectivity index (χ3n) is 4.04. The molecule has 0 unspecified atom stereocenters. The standard InChI is InChI=1S/C14H21N5O4/c1-2-16-7-9-17(10-8-16)6-5-15-13-4-3-12(18(20)21)11-14(13)19(22)23/h3-4,11,15H,2,5-10H2,1H3. The summed E-state index contributed by atoms with van der Waals surface area (Å²) >= 11 is 0. The molecule has 0 atom stereocenters. The highest BCUT2D eigenvalue weighted by molar-refractivity contribution is 5.65. The number of hydrogen-bond acceptors (Lipinski definition) is 7. The van der Waals surface area contributed by atoms with Crippen LogP contribution in [0.3, 0.4) is 0 Å². The summed E-state index contributed by atoms with van der Waals surface area (Å²) < 4.78 is 0. The zero-order valence-corrected chi connectivity index (χ0v) is 13.1. The number of hydrogen-bond donors (Lipinski definition) is 1. The van der Waals surface area contributed by atoms with Gasteiger partial charge in [0.25, 0.3) is 11.4 Å². The van der Waals surface area contributed by atoms with Gasteiger partial charge in [0.15, 0.2) is 0 Å². The molecule has 126 valence electrons. The van der Waals surface area contributed by atoms with Crippen molar-refractivity contribution in [3.63, 3.8) is 0 Å². The summed E-state index contributed by atoms with van der Waals surface area (Å²) in [5.41, 5.74) is -0.235. The lowest BCUT2D eigenvalue weighted by Gasteiger charge is -2.34. The van der Waals surface area contributed by atoms with Gasteiger partial charge in [-0.3, -0.25) is 25.1 Å². The van der Waals surface area contributed by atoms with Crippen LogP contribution in [0.25, 0.3) is 0 Å². The van der Waals surface area contributed by atoms with Crippen LogP contribution in [0.5, 0.6) is 0 Å². The van der Waals surface area contributed by atoms with Gasteiger partial charge >= 0.3 is 0 Å². The lowest BCUT2D eigenvalue weighted by Crippen LogP contribution is -2.47. The summed E-state index contributed by atoms with van der Waals surface area (Å²) in [5.74, 6) is 0. The van der Waals surface area contributed by atoms with Crippen molar-refractivity contribution in [3.05, 3.63) is 38.4 Å². The van der Waals surface area contributed by atoms with Gasteiger partial charge in [-0.05, 0) is 12.6 Å². The van der Waals surface area contributed by atoms with Crippen molar-refractivity contribution in [1.29, 1.82) is 0 Å². The van der Waals surface area contributed by atoms with Crippen LogP contribution in [0.15, 0.2) is 18.2 Å². The zero-order chi connectivity index (χ0) is 16.8. The highest BCUT2D eigenvalue weighted by Crippen LogP contribution is 2.28. The third kappa shape index (κ3) is 4.60. The molecule has 0 amide bonds. The van der Waals surface area contributed by atoms with Crippen LogP contribution in [0.2, 0.25) is 0 Å². The van der Waals surface area contributed by atoms with Gasteiger partial charge in [0.2, 0.25) is 0 Å². The molecule has 1 saturated heterocycles. The van der Waals surface area contributed by atoms with E-state index in [4.69, 9.17) is 0 Å². The fourth-order valence-electron chi connectivity index (χ4n) is 2.61. The molecule has 0 radical (unpaired) electrons. The SMILES string of the molecule is CCN1CCN(CCNc2ccc([N+](=O)[O-])cc2[N+](=O)[O-])CC1. The first-order valence-electron chi connectivity index (χ1n) is 7.62. The number of piperazine rings is 1. The van der Waals surface area contributed by atoms with E-state index in [0.717, 1.165) is 45.3 Å². The van der Waals surface area contributed by atoms with Gasteiger partial charge in [-0.1, -0.05) is 6.92 Å². The van der Waals surface area contributed by atoms with Crippen LogP contribution in [-0.4, -0.2) is 65.5 Å². The Bertz CT molecular complexity index is 572.